The Kier molecular flexibility index (Phi) is 6.67. The number of hydrazine groups is 1. The summed E-state index contributed by atoms with van der Waals surface area (Å²) in [6, 6.07) is 11.1. The molecule has 3 amide bonds. The van der Waals surface area contributed by atoms with Gasteiger partial charge in [0, 0.05) is 30.9 Å². The van der Waals surface area contributed by atoms with Crippen LogP contribution in [-0.4, -0.2) is 65.6 Å². The Morgan fingerprint density at radius 2 is 1.94 bits per heavy atom. The van der Waals surface area contributed by atoms with E-state index in [9.17, 15) is 9.59 Å². The van der Waals surface area contributed by atoms with Crippen LogP contribution in [0.3, 0.4) is 0 Å². The number of pyridine rings is 1. The van der Waals surface area contributed by atoms with Crippen LogP contribution < -0.4 is 16.6 Å². The number of rotatable bonds is 5. The number of hydrogen-bond donors (Lipinski definition) is 3. The number of nitrogens with zero attached hydrogens (tertiary/aromatic N) is 3. The molecule has 1 aromatic carbocycles. The lowest BCUT2D eigenvalue weighted by atomic mass is 10.0. The molecule has 2 aliphatic rings. The number of aromatic nitrogens is 1. The van der Waals surface area contributed by atoms with Crippen LogP contribution in [0.1, 0.15) is 27.7 Å². The zero-order valence-electron chi connectivity index (χ0n) is 17.0. The van der Waals surface area contributed by atoms with Crippen molar-refractivity contribution in [3.63, 3.8) is 0 Å². The van der Waals surface area contributed by atoms with E-state index in [0.717, 1.165) is 31.9 Å². The fourth-order valence-electron chi connectivity index (χ4n) is 3.80. The molecule has 9 nitrogen and oxygen atoms in total. The maximum Gasteiger partial charge on any atom is 0.318 e. The summed E-state index contributed by atoms with van der Waals surface area (Å²) in [4.78, 5) is 33.0. The second-order valence-corrected chi connectivity index (χ2v) is 8.05. The van der Waals surface area contributed by atoms with Crippen molar-refractivity contribution in [3.8, 4) is 0 Å². The van der Waals surface area contributed by atoms with Crippen molar-refractivity contribution in [1.82, 2.24) is 25.5 Å². The molecule has 2 fully saturated rings. The number of ether oxygens (including phenoxy) is 1. The first-order chi connectivity index (χ1) is 15.0. The van der Waals surface area contributed by atoms with Crippen LogP contribution in [0.15, 0.2) is 42.6 Å². The Bertz CT molecular complexity index is 920. The molecule has 31 heavy (non-hydrogen) atoms. The molecule has 0 bridgehead atoms. The first kappa shape index (κ1) is 21.5. The van der Waals surface area contributed by atoms with Gasteiger partial charge in [-0.25, -0.2) is 10.6 Å². The van der Waals surface area contributed by atoms with Crippen LogP contribution >= 0.6 is 11.6 Å². The van der Waals surface area contributed by atoms with Crippen molar-refractivity contribution in [2.45, 2.75) is 18.6 Å². The van der Waals surface area contributed by atoms with Gasteiger partial charge in [-0.3, -0.25) is 20.1 Å². The zero-order valence-corrected chi connectivity index (χ0v) is 17.7. The van der Waals surface area contributed by atoms with Gasteiger partial charge in [-0.05, 0) is 29.8 Å². The number of amides is 3. The Balaban J connectivity index is 1.43. The highest BCUT2D eigenvalue weighted by Gasteiger charge is 2.36. The fourth-order valence-corrected chi connectivity index (χ4v) is 3.92. The van der Waals surface area contributed by atoms with E-state index in [2.05, 4.69) is 20.6 Å². The number of carbonyl (C=O) groups is 2. The third kappa shape index (κ3) is 4.96. The number of nitrogen functional groups attached to an aromatic ring is 1. The average molecular weight is 445 g/mol. The summed E-state index contributed by atoms with van der Waals surface area (Å²) < 4.78 is 5.35. The lowest BCUT2D eigenvalue weighted by molar-refractivity contribution is -0.0820. The van der Waals surface area contributed by atoms with Crippen molar-refractivity contribution in [2.75, 3.05) is 32.8 Å². The molecule has 164 valence electrons. The lowest BCUT2D eigenvalue weighted by Crippen LogP contribution is -2.59. The molecule has 1 unspecified atom stereocenters. The van der Waals surface area contributed by atoms with Crippen LogP contribution in [0.4, 0.5) is 4.79 Å². The van der Waals surface area contributed by atoms with Crippen LogP contribution in [0, 0.1) is 0 Å². The fraction of sp³-hybridized carbons (Fsp3) is 0.381. The van der Waals surface area contributed by atoms with E-state index in [1.807, 2.05) is 29.2 Å². The summed E-state index contributed by atoms with van der Waals surface area (Å²) >= 11 is 6.06. The van der Waals surface area contributed by atoms with Gasteiger partial charge < -0.3 is 15.0 Å². The van der Waals surface area contributed by atoms with E-state index in [1.165, 1.54) is 6.20 Å². The van der Waals surface area contributed by atoms with Crippen molar-refractivity contribution in [1.29, 1.82) is 0 Å². The molecular formula is C21H25ClN6O3. The maximum atomic E-state index is 13.0. The SMILES string of the molecule is NNC(=O)c1ccc(CNC(=O)N2CCN(C3COC3)CC2c2ccc(Cl)cc2)nc1. The minimum absolute atomic E-state index is 0.0878. The topological polar surface area (TPSA) is 113 Å². The van der Waals surface area contributed by atoms with Crippen molar-refractivity contribution >= 4 is 23.5 Å². The molecule has 10 heteroatoms. The predicted molar refractivity (Wildman–Crippen MR) is 115 cm³/mol. The molecule has 2 aromatic rings. The first-order valence-electron chi connectivity index (χ1n) is 10.1. The van der Waals surface area contributed by atoms with Crippen LogP contribution in [-0.2, 0) is 11.3 Å². The van der Waals surface area contributed by atoms with E-state index in [-0.39, 0.29) is 18.6 Å². The van der Waals surface area contributed by atoms with E-state index < -0.39 is 5.91 Å². The lowest BCUT2D eigenvalue weighted by Gasteiger charge is -2.46. The number of halogens is 1. The molecule has 1 aromatic heterocycles. The molecule has 0 spiro atoms. The minimum atomic E-state index is -0.413. The molecule has 3 heterocycles. The minimum Gasteiger partial charge on any atom is -0.378 e. The second-order valence-electron chi connectivity index (χ2n) is 7.62. The highest BCUT2D eigenvalue weighted by Crippen LogP contribution is 2.29. The van der Waals surface area contributed by atoms with E-state index in [4.69, 9.17) is 22.2 Å². The average Bonchev–Trinajstić information content (AvgIpc) is 2.76. The highest BCUT2D eigenvalue weighted by atomic mass is 35.5. The van der Waals surface area contributed by atoms with Gasteiger partial charge in [0.15, 0.2) is 0 Å². The van der Waals surface area contributed by atoms with Crippen molar-refractivity contribution in [3.05, 3.63) is 64.4 Å². The van der Waals surface area contributed by atoms with Crippen molar-refractivity contribution in [2.24, 2.45) is 5.84 Å². The monoisotopic (exact) mass is 444 g/mol. The highest BCUT2D eigenvalue weighted by molar-refractivity contribution is 6.30. The molecule has 4 N–H and O–H groups in total. The summed E-state index contributed by atoms with van der Waals surface area (Å²) in [5.41, 5.74) is 4.11. The zero-order chi connectivity index (χ0) is 21.8. The Morgan fingerprint density at radius 3 is 2.55 bits per heavy atom. The van der Waals surface area contributed by atoms with Gasteiger partial charge in [-0.15, -0.1) is 0 Å². The van der Waals surface area contributed by atoms with E-state index in [1.54, 1.807) is 12.1 Å². The van der Waals surface area contributed by atoms with Gasteiger partial charge in [0.05, 0.1) is 43.1 Å². The molecule has 2 aliphatic heterocycles. The first-order valence-corrected chi connectivity index (χ1v) is 10.5. The largest absolute Gasteiger partial charge is 0.378 e. The van der Waals surface area contributed by atoms with Gasteiger partial charge in [0.1, 0.15) is 0 Å². The van der Waals surface area contributed by atoms with Gasteiger partial charge in [0.25, 0.3) is 5.91 Å². The third-order valence-corrected chi connectivity index (χ3v) is 5.96. The maximum absolute atomic E-state index is 13.0. The molecule has 1 atom stereocenters. The van der Waals surface area contributed by atoms with Crippen LogP contribution in [0.2, 0.25) is 5.02 Å². The van der Waals surface area contributed by atoms with Crippen molar-refractivity contribution < 1.29 is 14.3 Å². The van der Waals surface area contributed by atoms with E-state index >= 15 is 0 Å². The number of piperazine rings is 1. The summed E-state index contributed by atoms with van der Waals surface area (Å²) in [5.74, 6) is 4.71. The van der Waals surface area contributed by atoms with Gasteiger partial charge >= 0.3 is 6.03 Å². The number of urea groups is 1. The number of benzene rings is 1. The smallest absolute Gasteiger partial charge is 0.318 e. The molecule has 0 radical (unpaired) electrons. The summed E-state index contributed by atoms with van der Waals surface area (Å²) in [6.07, 6.45) is 1.43. The van der Waals surface area contributed by atoms with Gasteiger partial charge in [-0.1, -0.05) is 23.7 Å². The summed E-state index contributed by atoms with van der Waals surface area (Å²) in [6.45, 7) is 3.88. The van der Waals surface area contributed by atoms with E-state index in [0.29, 0.717) is 28.9 Å². The molecule has 4 rings (SSSR count). The summed E-state index contributed by atoms with van der Waals surface area (Å²) in [7, 11) is 0. The summed E-state index contributed by atoms with van der Waals surface area (Å²) in [5, 5.41) is 3.61. The predicted octanol–water partition coefficient (Wildman–Crippen LogP) is 1.31. The normalized spacial score (nSPS) is 19.5. The molecule has 2 saturated heterocycles. The molecule has 0 saturated carbocycles. The van der Waals surface area contributed by atoms with Gasteiger partial charge in [0.2, 0.25) is 0 Å². The Labute approximate surface area is 185 Å². The molecule has 0 aliphatic carbocycles. The number of carbonyl (C=O) groups excluding carboxylic acids is 2. The molecular weight excluding hydrogens is 420 g/mol. The van der Waals surface area contributed by atoms with Crippen LogP contribution in [0.25, 0.3) is 0 Å². The Hall–Kier alpha value is -2.72. The van der Waals surface area contributed by atoms with Crippen LogP contribution in [0.5, 0.6) is 0 Å². The quantitative estimate of drug-likeness (QED) is 0.364. The Morgan fingerprint density at radius 1 is 1.16 bits per heavy atom. The number of nitrogens with one attached hydrogen (secondary N) is 2. The number of nitrogens with two attached hydrogens (primary N) is 1. The number of hydrogen-bond acceptors (Lipinski definition) is 6. The third-order valence-electron chi connectivity index (χ3n) is 5.70. The standard InChI is InChI=1S/C21H25ClN6O3/c22-16-4-1-14(2-5-16)19-11-27(18-12-31-13-18)7-8-28(19)21(30)25-10-17-6-3-15(9-24-17)20(29)26-23/h1-6,9,18-19H,7-8,10-13,23H2,(H,25,30)(H,26,29). The second kappa shape index (κ2) is 9.61. The van der Waals surface area contributed by atoms with Gasteiger partial charge in [-0.2, -0.15) is 0 Å².